The molecule has 1 aromatic heterocycles. The quantitative estimate of drug-likeness (QED) is 0.166. The Morgan fingerprint density at radius 2 is 1.05 bits per heavy atom. The van der Waals surface area contributed by atoms with Crippen LogP contribution in [0.2, 0.25) is 0 Å². The van der Waals surface area contributed by atoms with Crippen molar-refractivity contribution in [1.29, 1.82) is 0 Å². The normalized spacial score (nSPS) is 20.7. The van der Waals surface area contributed by atoms with Crippen LogP contribution in [0.5, 0.6) is 11.5 Å². The maximum atomic E-state index is 6.47. The van der Waals surface area contributed by atoms with Crippen LogP contribution in [0.4, 0.5) is 17.1 Å². The van der Waals surface area contributed by atoms with Crippen molar-refractivity contribution in [3.63, 3.8) is 0 Å². The van der Waals surface area contributed by atoms with Gasteiger partial charge in [0, 0.05) is 27.5 Å². The molecule has 3 heteroatoms. The van der Waals surface area contributed by atoms with Gasteiger partial charge in [-0.3, -0.25) is 0 Å². The van der Waals surface area contributed by atoms with E-state index in [0.29, 0.717) is 5.41 Å². The molecule has 4 aliphatic carbocycles. The Bertz CT molecular complexity index is 3430. The number of hydrogen-bond acceptors (Lipinski definition) is 2. The van der Waals surface area contributed by atoms with E-state index in [-0.39, 0.29) is 0 Å². The lowest BCUT2D eigenvalue weighted by Gasteiger charge is -2.57. The van der Waals surface area contributed by atoms with E-state index in [0.717, 1.165) is 46.1 Å². The second-order valence-corrected chi connectivity index (χ2v) is 19.1. The predicted octanol–water partition coefficient (Wildman–Crippen LogP) is 16.5. The summed E-state index contributed by atoms with van der Waals surface area (Å²) >= 11 is 0. The summed E-state index contributed by atoms with van der Waals surface area (Å²) in [5, 5.41) is 7.47. The Labute approximate surface area is 367 Å². The summed E-state index contributed by atoms with van der Waals surface area (Å²) in [6.45, 7) is 0. The number of benzene rings is 9. The molecule has 15 rings (SSSR count). The lowest BCUT2D eigenvalue weighted by Crippen LogP contribution is -2.48. The highest BCUT2D eigenvalue weighted by atomic mass is 16.5. The second-order valence-electron chi connectivity index (χ2n) is 19.1. The molecule has 4 saturated carbocycles. The largest absolute Gasteiger partial charge is 0.453 e. The third-order valence-electron chi connectivity index (χ3n) is 15.5. The molecule has 0 radical (unpaired) electrons. The van der Waals surface area contributed by atoms with E-state index < -0.39 is 0 Å². The molecule has 0 amide bonds. The van der Waals surface area contributed by atoms with Crippen LogP contribution >= 0.6 is 0 Å². The Morgan fingerprint density at radius 1 is 0.460 bits per heavy atom. The summed E-state index contributed by atoms with van der Waals surface area (Å²) in [4.78, 5) is 2.50. The molecule has 0 unspecified atom stereocenters. The number of aromatic nitrogens is 1. The molecule has 10 aromatic rings. The molecule has 0 N–H and O–H groups in total. The van der Waals surface area contributed by atoms with Crippen LogP contribution in [0.15, 0.2) is 188 Å². The first-order chi connectivity index (χ1) is 31.2. The van der Waals surface area contributed by atoms with E-state index in [1.165, 1.54) is 110 Å². The van der Waals surface area contributed by atoms with Gasteiger partial charge in [0.25, 0.3) is 0 Å². The van der Waals surface area contributed by atoms with Crippen LogP contribution < -0.4 is 9.64 Å². The van der Waals surface area contributed by atoms with Gasteiger partial charge in [-0.05, 0) is 160 Å². The lowest BCUT2D eigenvalue weighted by atomic mass is 9.48. The first-order valence-corrected chi connectivity index (χ1v) is 23.0. The summed E-state index contributed by atoms with van der Waals surface area (Å²) in [6.07, 6.45) is 8.50. The molecule has 4 fully saturated rings. The first kappa shape index (κ1) is 35.5. The van der Waals surface area contributed by atoms with Crippen molar-refractivity contribution in [2.45, 2.75) is 43.9 Å². The minimum absolute atomic E-state index is 0.352. The van der Waals surface area contributed by atoms with Crippen molar-refractivity contribution < 1.29 is 4.74 Å². The van der Waals surface area contributed by atoms with E-state index in [2.05, 4.69) is 191 Å². The van der Waals surface area contributed by atoms with Gasteiger partial charge in [-0.1, -0.05) is 133 Å². The monoisotopic (exact) mass is 810 g/mol. The van der Waals surface area contributed by atoms with Crippen molar-refractivity contribution in [3.8, 4) is 39.4 Å². The van der Waals surface area contributed by atoms with Gasteiger partial charge >= 0.3 is 0 Å². The average molecular weight is 811 g/mol. The number of nitrogens with zero attached hydrogens (tertiary/aromatic N) is 2. The summed E-state index contributed by atoms with van der Waals surface area (Å²) in [5.74, 6) is 4.52. The number of ether oxygens (including phenoxy) is 1. The molecule has 0 atom stereocenters. The Hall–Kier alpha value is -7.10. The Balaban J connectivity index is 0.923. The van der Waals surface area contributed by atoms with Crippen LogP contribution in [0, 0.1) is 17.8 Å². The van der Waals surface area contributed by atoms with Crippen LogP contribution in [-0.4, -0.2) is 4.57 Å². The van der Waals surface area contributed by atoms with E-state index in [1.807, 2.05) is 6.07 Å². The van der Waals surface area contributed by atoms with E-state index in [4.69, 9.17) is 4.74 Å². The van der Waals surface area contributed by atoms with Crippen LogP contribution in [0.25, 0.3) is 71.3 Å². The lowest BCUT2D eigenvalue weighted by molar-refractivity contribution is -0.00518. The standard InChI is InChI=1S/C60H46N2O/c1-2-12-46-41(10-1)11-7-16-48(46)50-30-31-53(51-14-4-3-13-49(50)51)61(45-28-24-43(25-29-45)60-35-38-32-39(36-60)34-40(33-38)37-60)44-26-22-42(23-27-44)47-15-8-19-55-58(47)52-17-9-21-57-59(52)62(55)54-18-5-6-20-56(54)63-57/h1-31,38-40H,32-37H2. The number of para-hydroxylation sites is 3. The molecule has 4 bridgehead atoms. The topological polar surface area (TPSA) is 17.4 Å². The SMILES string of the molecule is c1ccc2c(c1)Oc1cccc3c4c(-c5ccc(N(c6ccc(C78CC9CC(CC(C9)C7)C8)cc6)c6ccc(-c7cccc8ccccc78)c7ccccc67)cc5)cccc4n-2c13. The minimum Gasteiger partial charge on any atom is -0.453 e. The summed E-state index contributed by atoms with van der Waals surface area (Å²) < 4.78 is 8.86. The van der Waals surface area contributed by atoms with Gasteiger partial charge in [0.15, 0.2) is 11.5 Å². The van der Waals surface area contributed by atoms with Gasteiger partial charge in [0.1, 0.15) is 0 Å². The van der Waals surface area contributed by atoms with Gasteiger partial charge in [0.05, 0.1) is 22.4 Å². The maximum Gasteiger partial charge on any atom is 0.152 e. The third-order valence-corrected chi connectivity index (χ3v) is 15.5. The second kappa shape index (κ2) is 13.4. The molecule has 9 aromatic carbocycles. The maximum absolute atomic E-state index is 6.47. The van der Waals surface area contributed by atoms with Crippen molar-refractivity contribution in [3.05, 3.63) is 194 Å². The zero-order valence-electron chi connectivity index (χ0n) is 35.2. The highest BCUT2D eigenvalue weighted by molar-refractivity contribution is 6.18. The van der Waals surface area contributed by atoms with Crippen LogP contribution in [0.3, 0.4) is 0 Å². The van der Waals surface area contributed by atoms with Gasteiger partial charge in [-0.25, -0.2) is 0 Å². The molecular weight excluding hydrogens is 765 g/mol. The molecule has 302 valence electrons. The highest BCUT2D eigenvalue weighted by Gasteiger charge is 2.51. The molecule has 5 aliphatic rings. The fourth-order valence-corrected chi connectivity index (χ4v) is 13.3. The van der Waals surface area contributed by atoms with Crippen LogP contribution in [0.1, 0.15) is 44.1 Å². The fraction of sp³-hybridized carbons (Fsp3) is 0.167. The van der Waals surface area contributed by atoms with Crippen molar-refractivity contribution in [2.24, 2.45) is 17.8 Å². The fourth-order valence-electron chi connectivity index (χ4n) is 13.3. The van der Waals surface area contributed by atoms with Gasteiger partial charge in [-0.2, -0.15) is 0 Å². The van der Waals surface area contributed by atoms with Crippen molar-refractivity contribution in [1.82, 2.24) is 4.57 Å². The number of anilines is 3. The molecular formula is C60H46N2O. The van der Waals surface area contributed by atoms with Crippen molar-refractivity contribution >= 4 is 60.4 Å². The first-order valence-electron chi connectivity index (χ1n) is 23.0. The predicted molar refractivity (Wildman–Crippen MR) is 261 cm³/mol. The van der Waals surface area contributed by atoms with E-state index in [9.17, 15) is 0 Å². The van der Waals surface area contributed by atoms with Gasteiger partial charge < -0.3 is 14.2 Å². The molecule has 63 heavy (non-hydrogen) atoms. The zero-order chi connectivity index (χ0) is 41.2. The summed E-state index contributed by atoms with van der Waals surface area (Å²) in [6, 6.07) is 69.8. The van der Waals surface area contributed by atoms with Gasteiger partial charge in [0.2, 0.25) is 0 Å². The van der Waals surface area contributed by atoms with Crippen molar-refractivity contribution in [2.75, 3.05) is 4.90 Å². The molecule has 1 aliphatic heterocycles. The summed E-state index contributed by atoms with van der Waals surface area (Å²) in [5.41, 5.74) is 13.7. The molecule has 3 nitrogen and oxygen atoms in total. The molecule has 0 spiro atoms. The van der Waals surface area contributed by atoms with E-state index >= 15 is 0 Å². The Morgan fingerprint density at radius 3 is 1.84 bits per heavy atom. The van der Waals surface area contributed by atoms with Gasteiger partial charge in [-0.15, -0.1) is 0 Å². The summed E-state index contributed by atoms with van der Waals surface area (Å²) in [7, 11) is 0. The van der Waals surface area contributed by atoms with E-state index in [1.54, 1.807) is 5.56 Å². The highest BCUT2D eigenvalue weighted by Crippen LogP contribution is 2.61. The third kappa shape index (κ3) is 5.32. The minimum atomic E-state index is 0.352. The Kier molecular flexibility index (Phi) is 7.58. The number of rotatable bonds is 6. The van der Waals surface area contributed by atoms with Crippen LogP contribution in [-0.2, 0) is 5.41 Å². The molecule has 0 saturated heterocycles. The smallest absolute Gasteiger partial charge is 0.152 e. The average Bonchev–Trinajstić information content (AvgIpc) is 3.68. The zero-order valence-corrected chi connectivity index (χ0v) is 35.2. The molecule has 2 heterocycles. The number of hydrogen-bond donors (Lipinski definition) is 0. The number of fused-ring (bicyclic) bond motifs is 7.